The lowest BCUT2D eigenvalue weighted by Gasteiger charge is -2.02. The van der Waals surface area contributed by atoms with E-state index in [-0.39, 0.29) is 0 Å². The van der Waals surface area contributed by atoms with Crippen molar-refractivity contribution < 1.29 is 0 Å². The van der Waals surface area contributed by atoms with E-state index in [9.17, 15) is 0 Å². The molecule has 3 N–H and O–H groups in total. The van der Waals surface area contributed by atoms with Crippen LogP contribution in [0.25, 0.3) is 0 Å². The molecular weight excluding hydrogens is 202 g/mol. The maximum absolute atomic E-state index is 8.24. The summed E-state index contributed by atoms with van der Waals surface area (Å²) in [6.45, 7) is 0.862. The number of nitrogens with two attached hydrogens (primary N) is 1. The zero-order valence-electron chi connectivity index (χ0n) is 7.58. The number of thioether (sulfide) groups is 1. The van der Waals surface area contributed by atoms with Gasteiger partial charge in [-0.2, -0.15) is 5.26 Å². The summed E-state index contributed by atoms with van der Waals surface area (Å²) in [4.78, 5) is 0. The highest BCUT2D eigenvalue weighted by atomic mass is 32.2. The Kier molecular flexibility index (Phi) is 9.27. The van der Waals surface area contributed by atoms with E-state index in [4.69, 9.17) is 11.0 Å². The number of thiocyanates is 1. The van der Waals surface area contributed by atoms with Gasteiger partial charge in [0.25, 0.3) is 0 Å². The third kappa shape index (κ3) is 11.5. The van der Waals surface area contributed by atoms with E-state index in [1.807, 2.05) is 0 Å². The fraction of sp³-hybridized carbons (Fsp3) is 0.750. The highest BCUT2D eigenvalue weighted by Gasteiger charge is 1.91. The Labute approximate surface area is 89.1 Å². The first-order valence-electron chi connectivity index (χ1n) is 4.31. The van der Waals surface area contributed by atoms with Gasteiger partial charge in [0, 0.05) is 12.3 Å². The summed E-state index contributed by atoms with van der Waals surface area (Å²) < 4.78 is 0. The second kappa shape index (κ2) is 9.62. The summed E-state index contributed by atoms with van der Waals surface area (Å²) in [5, 5.41) is 13.6. The van der Waals surface area contributed by atoms with Crippen molar-refractivity contribution in [3.8, 4) is 5.40 Å². The van der Waals surface area contributed by atoms with E-state index < -0.39 is 0 Å². The van der Waals surface area contributed by atoms with E-state index in [1.165, 1.54) is 24.6 Å². The summed E-state index contributed by atoms with van der Waals surface area (Å²) in [5.41, 5.74) is 5.25. The molecule has 0 fully saturated rings. The summed E-state index contributed by atoms with van der Waals surface area (Å²) in [6.07, 6.45) is 4.55. The van der Waals surface area contributed by atoms with Crippen LogP contribution in [0.4, 0.5) is 0 Å². The van der Waals surface area contributed by atoms with Crippen LogP contribution in [0.3, 0.4) is 0 Å². The zero-order chi connectivity index (χ0) is 9.94. The highest BCUT2D eigenvalue weighted by Crippen LogP contribution is 2.05. The summed E-state index contributed by atoms with van der Waals surface area (Å²) >= 11 is 5.98. The Hall–Kier alpha value is -0.470. The fourth-order valence-corrected chi connectivity index (χ4v) is 1.45. The van der Waals surface area contributed by atoms with E-state index in [2.05, 4.69) is 22.9 Å². The van der Waals surface area contributed by atoms with Crippen molar-refractivity contribution in [1.29, 1.82) is 5.26 Å². The number of nitrogens with one attached hydrogen (secondary N) is 1. The van der Waals surface area contributed by atoms with Gasteiger partial charge in [0.05, 0.1) is 0 Å². The first-order valence-corrected chi connectivity index (χ1v) is 5.71. The van der Waals surface area contributed by atoms with Gasteiger partial charge in [-0.25, -0.2) is 0 Å². The molecule has 0 aliphatic carbocycles. The number of hydrogen-bond acceptors (Lipinski definition) is 3. The van der Waals surface area contributed by atoms with Gasteiger partial charge in [-0.15, -0.1) is 0 Å². The third-order valence-electron chi connectivity index (χ3n) is 1.54. The van der Waals surface area contributed by atoms with Gasteiger partial charge in [0.2, 0.25) is 0 Å². The van der Waals surface area contributed by atoms with Crippen molar-refractivity contribution >= 4 is 29.1 Å². The molecule has 0 aromatic heterocycles. The molecule has 0 heterocycles. The monoisotopic (exact) mass is 217 g/mol. The number of hydrogen-bond donors (Lipinski definition) is 2. The van der Waals surface area contributed by atoms with Crippen molar-refractivity contribution in [2.75, 3.05) is 12.3 Å². The van der Waals surface area contributed by atoms with Crippen molar-refractivity contribution in [2.24, 2.45) is 5.73 Å². The molecule has 0 unspecified atom stereocenters. The average molecular weight is 217 g/mol. The Bertz CT molecular complexity index is 177. The molecule has 0 saturated carbocycles. The minimum Gasteiger partial charge on any atom is -0.376 e. The molecule has 3 nitrogen and oxygen atoms in total. The fourth-order valence-electron chi connectivity index (χ4n) is 0.910. The number of nitriles is 1. The normalized spacial score (nSPS) is 9.15. The SMILES string of the molecule is N#CSCCCCCCNC(N)=S. The van der Waals surface area contributed by atoms with E-state index in [0.717, 1.165) is 25.1 Å². The molecule has 0 aromatic rings. The molecule has 0 radical (unpaired) electrons. The predicted molar refractivity (Wildman–Crippen MR) is 61.3 cm³/mol. The summed E-state index contributed by atoms with van der Waals surface area (Å²) in [6, 6.07) is 0. The number of nitrogens with zero attached hydrogens (tertiary/aromatic N) is 1. The predicted octanol–water partition coefficient (Wildman–Crippen LogP) is 1.59. The first kappa shape index (κ1) is 12.5. The number of thiocarbonyl (C=S) groups is 1. The Morgan fingerprint density at radius 2 is 2.08 bits per heavy atom. The standard InChI is InChI=1S/C8H15N3S2/c9-7-13-6-4-2-1-3-5-11-8(10)12/h1-6H2,(H3,10,11,12). The average Bonchev–Trinajstić information content (AvgIpc) is 2.09. The third-order valence-corrected chi connectivity index (χ3v) is 2.30. The lowest BCUT2D eigenvalue weighted by Crippen LogP contribution is -2.29. The van der Waals surface area contributed by atoms with E-state index >= 15 is 0 Å². The molecule has 5 heteroatoms. The van der Waals surface area contributed by atoms with Crippen LogP contribution in [0.1, 0.15) is 25.7 Å². The van der Waals surface area contributed by atoms with Crippen LogP contribution in [0.15, 0.2) is 0 Å². The van der Waals surface area contributed by atoms with Crippen molar-refractivity contribution in [2.45, 2.75) is 25.7 Å². The molecule has 13 heavy (non-hydrogen) atoms. The molecule has 0 rings (SSSR count). The quantitative estimate of drug-likeness (QED) is 0.385. The maximum atomic E-state index is 8.24. The highest BCUT2D eigenvalue weighted by molar-refractivity contribution is 8.03. The minimum absolute atomic E-state index is 0.375. The maximum Gasteiger partial charge on any atom is 0.163 e. The van der Waals surface area contributed by atoms with Crippen molar-refractivity contribution in [3.63, 3.8) is 0 Å². The van der Waals surface area contributed by atoms with Crippen molar-refractivity contribution in [1.82, 2.24) is 5.32 Å². The molecule has 0 bridgehead atoms. The van der Waals surface area contributed by atoms with Crippen LogP contribution in [-0.4, -0.2) is 17.4 Å². The molecule has 0 aliphatic heterocycles. The van der Waals surface area contributed by atoms with Crippen LogP contribution in [-0.2, 0) is 0 Å². The molecular formula is C8H15N3S2. The second-order valence-corrected chi connectivity index (χ2v) is 3.96. The van der Waals surface area contributed by atoms with E-state index in [1.54, 1.807) is 0 Å². The van der Waals surface area contributed by atoms with Crippen LogP contribution in [0.2, 0.25) is 0 Å². The smallest absolute Gasteiger partial charge is 0.163 e. The first-order chi connectivity index (χ1) is 6.27. The van der Waals surface area contributed by atoms with Gasteiger partial charge >= 0.3 is 0 Å². The lowest BCUT2D eigenvalue weighted by molar-refractivity contribution is 0.658. The molecule has 0 amide bonds. The summed E-state index contributed by atoms with van der Waals surface area (Å²) in [5.74, 6) is 0.944. The molecule has 0 aliphatic rings. The van der Waals surface area contributed by atoms with Gasteiger partial charge in [0.1, 0.15) is 5.40 Å². The molecule has 74 valence electrons. The minimum atomic E-state index is 0.375. The van der Waals surface area contributed by atoms with Gasteiger partial charge < -0.3 is 11.1 Å². The van der Waals surface area contributed by atoms with Gasteiger partial charge in [0.15, 0.2) is 5.11 Å². The molecule has 0 atom stereocenters. The Morgan fingerprint density at radius 1 is 1.38 bits per heavy atom. The lowest BCUT2D eigenvalue weighted by atomic mass is 10.2. The molecule has 0 spiro atoms. The largest absolute Gasteiger partial charge is 0.376 e. The van der Waals surface area contributed by atoms with Crippen LogP contribution in [0.5, 0.6) is 0 Å². The van der Waals surface area contributed by atoms with Crippen LogP contribution >= 0.6 is 24.0 Å². The zero-order valence-corrected chi connectivity index (χ0v) is 9.22. The second-order valence-electron chi connectivity index (χ2n) is 2.64. The van der Waals surface area contributed by atoms with Gasteiger partial charge in [-0.1, -0.05) is 12.8 Å². The molecule has 0 aromatic carbocycles. The Morgan fingerprint density at radius 3 is 2.69 bits per heavy atom. The van der Waals surface area contributed by atoms with E-state index in [0.29, 0.717) is 5.11 Å². The van der Waals surface area contributed by atoms with Crippen LogP contribution in [0, 0.1) is 10.7 Å². The van der Waals surface area contributed by atoms with Crippen LogP contribution < -0.4 is 11.1 Å². The summed E-state index contributed by atoms with van der Waals surface area (Å²) in [7, 11) is 0. The Balaban J connectivity index is 2.92. The number of rotatable bonds is 7. The topological polar surface area (TPSA) is 61.8 Å². The number of unbranched alkanes of at least 4 members (excludes halogenated alkanes) is 3. The van der Waals surface area contributed by atoms with Crippen molar-refractivity contribution in [3.05, 3.63) is 0 Å². The molecule has 0 saturated heterocycles. The van der Waals surface area contributed by atoms with Gasteiger partial charge in [-0.05, 0) is 36.8 Å². The van der Waals surface area contributed by atoms with Gasteiger partial charge in [-0.3, -0.25) is 0 Å².